The molecule has 0 unspecified atom stereocenters. The van der Waals surface area contributed by atoms with E-state index in [1.54, 1.807) is 31.8 Å². The number of thiazole rings is 1. The van der Waals surface area contributed by atoms with Crippen LogP contribution >= 0.6 is 11.3 Å². The Morgan fingerprint density at radius 3 is 2.65 bits per heavy atom. The quantitative estimate of drug-likeness (QED) is 0.546. The molecule has 0 saturated heterocycles. The van der Waals surface area contributed by atoms with E-state index in [-0.39, 0.29) is 0 Å². The van der Waals surface area contributed by atoms with Gasteiger partial charge < -0.3 is 14.0 Å². The lowest BCUT2D eigenvalue weighted by atomic mass is 10.2. The third-order valence-electron chi connectivity index (χ3n) is 3.49. The molecule has 2 aromatic carbocycles. The van der Waals surface area contributed by atoms with Crippen LogP contribution in [0.25, 0.3) is 10.2 Å². The lowest BCUT2D eigenvalue weighted by Crippen LogP contribution is -2.08. The Bertz CT molecular complexity index is 925. The van der Waals surface area contributed by atoms with Crippen molar-refractivity contribution in [2.24, 2.45) is 17.3 Å². The Morgan fingerprint density at radius 1 is 1.09 bits per heavy atom. The summed E-state index contributed by atoms with van der Waals surface area (Å²) in [5.41, 5.74) is 1.96. The van der Waals surface area contributed by atoms with Crippen molar-refractivity contribution in [1.29, 1.82) is 0 Å². The first kappa shape index (κ1) is 15.3. The van der Waals surface area contributed by atoms with E-state index in [1.807, 2.05) is 41.9 Å². The number of benzene rings is 2. The number of hydrogen-bond acceptors (Lipinski definition) is 5. The lowest BCUT2D eigenvalue weighted by Gasteiger charge is -2.05. The molecular formula is C17H17N3O2S. The fraction of sp³-hybridized carbons (Fsp3) is 0.176. The molecule has 23 heavy (non-hydrogen) atoms. The highest BCUT2D eigenvalue weighted by atomic mass is 32.1. The van der Waals surface area contributed by atoms with E-state index in [9.17, 15) is 0 Å². The summed E-state index contributed by atoms with van der Waals surface area (Å²) in [7, 11) is 5.24. The number of ether oxygens (including phenoxy) is 2. The maximum Gasteiger partial charge on any atom is 0.211 e. The third kappa shape index (κ3) is 3.12. The lowest BCUT2D eigenvalue weighted by molar-refractivity contribution is 0.402. The van der Waals surface area contributed by atoms with E-state index in [4.69, 9.17) is 9.47 Å². The molecule has 0 saturated carbocycles. The molecule has 1 heterocycles. The minimum atomic E-state index is 0.727. The summed E-state index contributed by atoms with van der Waals surface area (Å²) < 4.78 is 13.8. The minimum absolute atomic E-state index is 0.727. The number of fused-ring (bicyclic) bond motifs is 1. The number of rotatable bonds is 4. The van der Waals surface area contributed by atoms with Crippen LogP contribution in [0.3, 0.4) is 0 Å². The molecule has 0 radical (unpaired) electrons. The fourth-order valence-electron chi connectivity index (χ4n) is 2.26. The first-order valence-corrected chi connectivity index (χ1v) is 7.88. The van der Waals surface area contributed by atoms with Gasteiger partial charge in [-0.25, -0.2) is 0 Å². The zero-order valence-corrected chi connectivity index (χ0v) is 14.0. The fourth-order valence-corrected chi connectivity index (χ4v) is 3.23. The molecule has 0 amide bonds. The van der Waals surface area contributed by atoms with Crippen molar-refractivity contribution in [2.75, 3.05) is 14.2 Å². The maximum atomic E-state index is 5.33. The Balaban J connectivity index is 1.98. The number of methoxy groups -OCH3 is 2. The molecule has 3 aromatic rings. The predicted octanol–water partition coefficient (Wildman–Crippen LogP) is 3.19. The molecule has 0 fully saturated rings. The Morgan fingerprint density at radius 2 is 1.91 bits per heavy atom. The van der Waals surface area contributed by atoms with Crippen molar-refractivity contribution in [2.45, 2.75) is 0 Å². The van der Waals surface area contributed by atoms with Gasteiger partial charge in [-0.3, -0.25) is 0 Å². The van der Waals surface area contributed by atoms with Gasteiger partial charge in [0.2, 0.25) is 4.80 Å². The molecule has 5 nitrogen and oxygen atoms in total. The Labute approximate surface area is 138 Å². The molecule has 0 atom stereocenters. The maximum absolute atomic E-state index is 5.33. The first-order valence-electron chi connectivity index (χ1n) is 7.06. The van der Waals surface area contributed by atoms with Crippen LogP contribution in [0.1, 0.15) is 5.56 Å². The van der Waals surface area contributed by atoms with Gasteiger partial charge in [-0.15, -0.1) is 5.10 Å². The smallest absolute Gasteiger partial charge is 0.211 e. The molecular weight excluding hydrogens is 310 g/mol. The van der Waals surface area contributed by atoms with Crippen LogP contribution in [0.4, 0.5) is 0 Å². The highest BCUT2D eigenvalue weighted by Gasteiger charge is 2.03. The van der Waals surface area contributed by atoms with E-state index in [2.05, 4.69) is 22.3 Å². The highest BCUT2D eigenvalue weighted by molar-refractivity contribution is 7.16. The monoisotopic (exact) mass is 327 g/mol. The van der Waals surface area contributed by atoms with Crippen LogP contribution in [-0.2, 0) is 7.05 Å². The zero-order chi connectivity index (χ0) is 16.2. The second kappa shape index (κ2) is 6.66. The van der Waals surface area contributed by atoms with Crippen molar-refractivity contribution in [3.05, 3.63) is 52.8 Å². The van der Waals surface area contributed by atoms with Crippen molar-refractivity contribution < 1.29 is 9.47 Å². The third-order valence-corrected chi connectivity index (χ3v) is 4.59. The van der Waals surface area contributed by atoms with Crippen molar-refractivity contribution in [3.63, 3.8) is 0 Å². The minimum Gasteiger partial charge on any atom is -0.497 e. The molecule has 3 rings (SSSR count). The standard InChI is InChI=1S/C17H17N3O2S/c1-20-14-6-4-5-7-16(14)23-17(20)19-18-11-12-10-13(21-2)8-9-15(12)22-3/h4-11H,1-3H3/b18-11+,19-17+. The van der Waals surface area contributed by atoms with Crippen LogP contribution in [0.15, 0.2) is 52.7 Å². The number of aromatic nitrogens is 1. The average molecular weight is 327 g/mol. The highest BCUT2D eigenvalue weighted by Crippen LogP contribution is 2.22. The second-order valence-corrected chi connectivity index (χ2v) is 5.87. The Hall–Kier alpha value is -2.60. The van der Waals surface area contributed by atoms with Gasteiger partial charge in [0.05, 0.1) is 30.7 Å². The van der Waals surface area contributed by atoms with Crippen LogP contribution in [0.5, 0.6) is 11.5 Å². The molecule has 6 heteroatoms. The van der Waals surface area contributed by atoms with E-state index in [0.29, 0.717) is 0 Å². The molecule has 0 bridgehead atoms. The predicted molar refractivity (Wildman–Crippen MR) is 93.5 cm³/mol. The van der Waals surface area contributed by atoms with Crippen molar-refractivity contribution in [3.8, 4) is 11.5 Å². The summed E-state index contributed by atoms with van der Waals surface area (Å²) in [5.74, 6) is 1.48. The molecule has 0 spiro atoms. The largest absolute Gasteiger partial charge is 0.497 e. The topological polar surface area (TPSA) is 48.1 Å². The van der Waals surface area contributed by atoms with E-state index in [0.717, 1.165) is 27.4 Å². The van der Waals surface area contributed by atoms with E-state index < -0.39 is 0 Å². The van der Waals surface area contributed by atoms with Gasteiger partial charge in [-0.05, 0) is 30.3 Å². The first-order chi connectivity index (χ1) is 11.2. The number of hydrogen-bond donors (Lipinski definition) is 0. The van der Waals surface area contributed by atoms with Gasteiger partial charge in [0.1, 0.15) is 11.5 Å². The summed E-state index contributed by atoms with van der Waals surface area (Å²) in [4.78, 5) is 0.837. The second-order valence-electron chi connectivity index (χ2n) is 4.86. The van der Waals surface area contributed by atoms with Gasteiger partial charge in [0.15, 0.2) is 0 Å². The van der Waals surface area contributed by atoms with Crippen molar-refractivity contribution in [1.82, 2.24) is 4.57 Å². The molecule has 0 aliphatic heterocycles. The zero-order valence-electron chi connectivity index (χ0n) is 13.2. The molecule has 0 aliphatic carbocycles. The van der Waals surface area contributed by atoms with Gasteiger partial charge in [-0.1, -0.05) is 23.5 Å². The summed E-state index contributed by atoms with van der Waals surface area (Å²) >= 11 is 1.60. The molecule has 1 aromatic heterocycles. The average Bonchev–Trinajstić information content (AvgIpc) is 2.91. The normalized spacial score (nSPS) is 12.2. The number of para-hydroxylation sites is 1. The number of aryl methyl sites for hydroxylation is 1. The van der Waals surface area contributed by atoms with Gasteiger partial charge in [-0.2, -0.15) is 5.10 Å². The number of nitrogens with zero attached hydrogens (tertiary/aromatic N) is 3. The van der Waals surface area contributed by atoms with Crippen molar-refractivity contribution >= 4 is 27.8 Å². The SMILES string of the molecule is COc1ccc(OC)c(/C=N/N=c2/sc3ccccc3n2C)c1. The summed E-state index contributed by atoms with van der Waals surface area (Å²) in [6.45, 7) is 0. The van der Waals surface area contributed by atoms with E-state index in [1.165, 1.54) is 4.70 Å². The van der Waals surface area contributed by atoms with E-state index >= 15 is 0 Å². The molecule has 118 valence electrons. The van der Waals surface area contributed by atoms with Crippen LogP contribution in [-0.4, -0.2) is 25.0 Å². The van der Waals surface area contributed by atoms with Gasteiger partial charge in [0, 0.05) is 12.6 Å². The van der Waals surface area contributed by atoms with Crippen LogP contribution in [0.2, 0.25) is 0 Å². The summed E-state index contributed by atoms with van der Waals surface area (Å²) in [6, 6.07) is 13.7. The molecule has 0 N–H and O–H groups in total. The molecule has 0 aliphatic rings. The Kier molecular flexibility index (Phi) is 4.43. The van der Waals surface area contributed by atoms with Gasteiger partial charge >= 0.3 is 0 Å². The van der Waals surface area contributed by atoms with Crippen LogP contribution in [0, 0.1) is 0 Å². The van der Waals surface area contributed by atoms with Gasteiger partial charge in [0.25, 0.3) is 0 Å². The summed E-state index contributed by atoms with van der Waals surface area (Å²) in [5, 5.41) is 8.53. The summed E-state index contributed by atoms with van der Waals surface area (Å²) in [6.07, 6.45) is 1.67. The van der Waals surface area contributed by atoms with Crippen LogP contribution < -0.4 is 14.3 Å².